The lowest BCUT2D eigenvalue weighted by atomic mass is 10.1. The molecule has 2 aliphatic carbocycles. The molecule has 2 N–H and O–H groups in total. The van der Waals surface area contributed by atoms with Gasteiger partial charge in [-0.3, -0.25) is 14.9 Å². The number of carboxylic acids is 1. The molecule has 0 radical (unpaired) electrons. The van der Waals surface area contributed by atoms with Crippen molar-refractivity contribution >= 4 is 39.2 Å². The van der Waals surface area contributed by atoms with Gasteiger partial charge in [0, 0.05) is 21.3 Å². The zero-order valence-electron chi connectivity index (χ0n) is 25.2. The fraction of sp³-hybridized carbons (Fsp3) is 0.424. The van der Waals surface area contributed by atoms with E-state index in [1.165, 1.54) is 29.6 Å². The van der Waals surface area contributed by atoms with Crippen molar-refractivity contribution in [1.82, 2.24) is 9.55 Å². The van der Waals surface area contributed by atoms with Crippen molar-refractivity contribution in [2.75, 3.05) is 19.5 Å². The first-order chi connectivity index (χ1) is 20.1. The number of aliphatic carboxylic acids is 1. The summed E-state index contributed by atoms with van der Waals surface area (Å²) in [6.45, 7) is 7.45. The Kier molecular flexibility index (Phi) is 8.59. The molecule has 0 bridgehead atoms. The van der Waals surface area contributed by atoms with Gasteiger partial charge in [0.1, 0.15) is 23.7 Å². The van der Waals surface area contributed by atoms with E-state index in [9.17, 15) is 14.7 Å². The molecule has 8 nitrogen and oxygen atoms in total. The molecule has 42 heavy (non-hydrogen) atoms. The number of aryl methyl sites for hydroxylation is 4. The van der Waals surface area contributed by atoms with Gasteiger partial charge in [0.15, 0.2) is 5.13 Å². The maximum absolute atomic E-state index is 13.5. The van der Waals surface area contributed by atoms with Gasteiger partial charge >= 0.3 is 5.97 Å². The van der Waals surface area contributed by atoms with E-state index in [2.05, 4.69) is 5.32 Å². The highest BCUT2D eigenvalue weighted by Gasteiger charge is 2.40. The topological polar surface area (TPSA) is 103 Å². The highest BCUT2D eigenvalue weighted by Crippen LogP contribution is 2.51. The maximum Gasteiger partial charge on any atom is 0.323 e. The Hall–Kier alpha value is -3.85. The number of carbonyl (C=O) groups is 2. The molecule has 1 amide bonds. The summed E-state index contributed by atoms with van der Waals surface area (Å²) in [6.07, 6.45) is 6.95. The number of benzene rings is 2. The normalized spacial score (nSPS) is 16.9. The van der Waals surface area contributed by atoms with E-state index in [0.29, 0.717) is 34.2 Å². The largest absolute Gasteiger partial charge is 0.496 e. The van der Waals surface area contributed by atoms with Crippen LogP contribution in [0.3, 0.4) is 0 Å². The molecule has 2 aliphatic rings. The summed E-state index contributed by atoms with van der Waals surface area (Å²) in [6, 6.07) is 9.52. The van der Waals surface area contributed by atoms with E-state index >= 15 is 0 Å². The van der Waals surface area contributed by atoms with Crippen LogP contribution in [0.15, 0.2) is 30.3 Å². The van der Waals surface area contributed by atoms with Crippen LogP contribution in [-0.4, -0.2) is 40.8 Å². The summed E-state index contributed by atoms with van der Waals surface area (Å²) in [7, 11) is 3.23. The minimum atomic E-state index is -1.02. The average Bonchev–Trinajstić information content (AvgIpc) is 3.25. The van der Waals surface area contributed by atoms with Crippen LogP contribution in [-0.2, 0) is 17.8 Å². The summed E-state index contributed by atoms with van der Waals surface area (Å²) in [5.74, 6) is 2.38. The quantitative estimate of drug-likeness (QED) is 0.222. The van der Waals surface area contributed by atoms with Crippen molar-refractivity contribution in [3.8, 4) is 22.8 Å². The number of hydrogen-bond donors (Lipinski definition) is 2. The first-order valence-electron chi connectivity index (χ1n) is 14.5. The predicted octanol–water partition coefficient (Wildman–Crippen LogP) is 7.41. The molecule has 4 aromatic rings. The number of nitrogens with zero attached hydrogens (tertiary/aromatic N) is 2. The Morgan fingerprint density at radius 3 is 2.36 bits per heavy atom. The monoisotopic (exact) mass is 589 g/mol. The van der Waals surface area contributed by atoms with Crippen molar-refractivity contribution in [2.24, 2.45) is 11.8 Å². The van der Waals surface area contributed by atoms with Crippen molar-refractivity contribution in [1.29, 1.82) is 0 Å². The first kappa shape index (κ1) is 29.6. The molecule has 9 heteroatoms. The predicted molar refractivity (Wildman–Crippen MR) is 167 cm³/mol. The standard InChI is InChI=1S/C27H29N3O5S.C6H10/c1-7-22-24(18-12-20(34-5)15(3)11-21(18)35-6)28-27(36-22)29-26(33)25-16(4)17-10-14(2)8-9-19(17)30(25)13-23(31)32;1-2-5-4-6(5)3-1/h8-12H,7,13H2,1-6H3,(H,31,32)(H,28,29,33);5-6H,1-4H2. The van der Waals surface area contributed by atoms with E-state index < -0.39 is 11.9 Å². The number of fused-ring (bicyclic) bond motifs is 2. The van der Waals surface area contributed by atoms with Crippen molar-refractivity contribution in [3.63, 3.8) is 0 Å². The highest BCUT2D eigenvalue weighted by molar-refractivity contribution is 7.16. The zero-order chi connectivity index (χ0) is 30.1. The number of anilines is 1. The van der Waals surface area contributed by atoms with Crippen LogP contribution in [0.2, 0.25) is 0 Å². The van der Waals surface area contributed by atoms with Gasteiger partial charge < -0.3 is 19.1 Å². The molecular formula is C33H39N3O5S. The van der Waals surface area contributed by atoms with Gasteiger partial charge in [-0.15, -0.1) is 11.3 Å². The minimum absolute atomic E-state index is 0.308. The highest BCUT2D eigenvalue weighted by atomic mass is 32.1. The molecule has 0 spiro atoms. The third-order valence-corrected chi connectivity index (χ3v) is 9.53. The second-order valence-electron chi connectivity index (χ2n) is 11.3. The Labute approximate surface area is 250 Å². The summed E-state index contributed by atoms with van der Waals surface area (Å²) in [5, 5.41) is 13.7. The number of carboxylic acid groups (broad SMARTS) is 1. The lowest BCUT2D eigenvalue weighted by Gasteiger charge is -2.12. The third-order valence-electron chi connectivity index (χ3n) is 8.41. The van der Waals surface area contributed by atoms with E-state index in [-0.39, 0.29) is 6.54 Å². The second-order valence-corrected chi connectivity index (χ2v) is 12.4. The van der Waals surface area contributed by atoms with Gasteiger partial charge in [0.2, 0.25) is 0 Å². The van der Waals surface area contributed by atoms with Crippen LogP contribution in [0.25, 0.3) is 22.2 Å². The molecule has 2 fully saturated rings. The number of ether oxygens (including phenoxy) is 2. The van der Waals surface area contributed by atoms with Crippen LogP contribution >= 0.6 is 11.3 Å². The molecule has 2 unspecified atom stereocenters. The minimum Gasteiger partial charge on any atom is -0.496 e. The lowest BCUT2D eigenvalue weighted by Crippen LogP contribution is -2.20. The van der Waals surface area contributed by atoms with Gasteiger partial charge in [-0.2, -0.15) is 0 Å². The molecule has 2 heterocycles. The Balaban J connectivity index is 0.000000513. The molecule has 2 aromatic heterocycles. The summed E-state index contributed by atoms with van der Waals surface area (Å²) >= 11 is 1.38. The van der Waals surface area contributed by atoms with E-state index in [1.807, 2.05) is 58.0 Å². The zero-order valence-corrected chi connectivity index (χ0v) is 26.0. The second kappa shape index (κ2) is 12.2. The molecule has 0 aliphatic heterocycles. The summed E-state index contributed by atoms with van der Waals surface area (Å²) in [5.41, 5.74) is 5.21. The van der Waals surface area contributed by atoms with Crippen molar-refractivity contribution in [2.45, 2.75) is 66.3 Å². The van der Waals surface area contributed by atoms with Crippen LogP contribution in [0.5, 0.6) is 11.5 Å². The van der Waals surface area contributed by atoms with Crippen LogP contribution in [0.1, 0.15) is 64.7 Å². The fourth-order valence-corrected chi connectivity index (χ4v) is 7.05. The first-order valence-corrected chi connectivity index (χ1v) is 15.3. The van der Waals surface area contributed by atoms with Crippen molar-refractivity contribution in [3.05, 3.63) is 57.6 Å². The van der Waals surface area contributed by atoms with Crippen LogP contribution < -0.4 is 14.8 Å². The molecular weight excluding hydrogens is 550 g/mol. The maximum atomic E-state index is 13.5. The van der Waals surface area contributed by atoms with E-state index in [1.54, 1.807) is 38.0 Å². The number of aromatic nitrogens is 2. The van der Waals surface area contributed by atoms with Gasteiger partial charge in [0.05, 0.1) is 19.9 Å². The van der Waals surface area contributed by atoms with E-state index in [0.717, 1.165) is 38.3 Å². The number of amides is 1. The number of hydrogen-bond acceptors (Lipinski definition) is 6. The Bertz CT molecular complexity index is 1650. The molecule has 6 rings (SSSR count). The van der Waals surface area contributed by atoms with Gasteiger partial charge in [-0.05, 0) is 80.8 Å². The number of thiazole rings is 1. The average molecular weight is 590 g/mol. The smallest absolute Gasteiger partial charge is 0.323 e. The third kappa shape index (κ3) is 5.88. The van der Waals surface area contributed by atoms with Gasteiger partial charge in [-0.1, -0.05) is 37.8 Å². The van der Waals surface area contributed by atoms with Gasteiger partial charge in [0.25, 0.3) is 5.91 Å². The fourth-order valence-electron chi connectivity index (χ4n) is 6.14. The number of rotatable bonds is 8. The Morgan fingerprint density at radius 1 is 1.07 bits per heavy atom. The molecule has 2 atom stereocenters. The van der Waals surface area contributed by atoms with Gasteiger partial charge in [-0.25, -0.2) is 4.98 Å². The molecule has 2 aromatic carbocycles. The van der Waals surface area contributed by atoms with E-state index in [4.69, 9.17) is 14.5 Å². The lowest BCUT2D eigenvalue weighted by molar-refractivity contribution is -0.137. The van der Waals surface area contributed by atoms with Crippen LogP contribution in [0.4, 0.5) is 5.13 Å². The number of methoxy groups -OCH3 is 2. The Morgan fingerprint density at radius 2 is 1.79 bits per heavy atom. The number of carbonyl (C=O) groups excluding carboxylic acids is 1. The van der Waals surface area contributed by atoms with Crippen molar-refractivity contribution < 1.29 is 24.2 Å². The SMILES string of the molecule is C1CC2CC2C1.CCc1sc(NC(=O)c2c(C)c3cc(C)ccc3n2CC(=O)O)nc1-c1cc(OC)c(C)cc1OC. The molecule has 2 saturated carbocycles. The number of nitrogens with one attached hydrogen (secondary N) is 1. The summed E-state index contributed by atoms with van der Waals surface area (Å²) < 4.78 is 12.7. The molecule has 222 valence electrons. The summed E-state index contributed by atoms with van der Waals surface area (Å²) in [4.78, 5) is 30.8. The van der Waals surface area contributed by atoms with Crippen LogP contribution in [0, 0.1) is 32.6 Å². The molecule has 0 saturated heterocycles.